The van der Waals surface area contributed by atoms with E-state index in [-0.39, 0.29) is 29.6 Å². The topological polar surface area (TPSA) is 85.1 Å². The van der Waals surface area contributed by atoms with Crippen LogP contribution in [0.4, 0.5) is 4.39 Å². The molecule has 0 aliphatic rings. The minimum Gasteiger partial charge on any atom is -0.419 e. The molecule has 0 saturated heterocycles. The highest BCUT2D eigenvalue weighted by atomic mass is 32.2. The summed E-state index contributed by atoms with van der Waals surface area (Å²) in [5.41, 5.74) is 1.78. The average molecular weight is 361 g/mol. The first-order valence-electron chi connectivity index (χ1n) is 7.54. The molecule has 0 bridgehead atoms. The highest BCUT2D eigenvalue weighted by molar-refractivity contribution is 7.88. The normalized spacial score (nSPS) is 11.6. The third-order valence-corrected chi connectivity index (χ3v) is 4.90. The molecule has 0 aliphatic heterocycles. The van der Waals surface area contributed by atoms with Gasteiger partial charge < -0.3 is 4.42 Å². The Morgan fingerprint density at radius 1 is 1.08 bits per heavy atom. The number of rotatable bonds is 6. The monoisotopic (exact) mass is 361 g/mol. The fourth-order valence-electron chi connectivity index (χ4n) is 2.27. The summed E-state index contributed by atoms with van der Waals surface area (Å²) in [5, 5.41) is 7.51. The van der Waals surface area contributed by atoms with Gasteiger partial charge in [-0.1, -0.05) is 36.4 Å². The molecule has 0 amide bonds. The Morgan fingerprint density at radius 2 is 1.80 bits per heavy atom. The van der Waals surface area contributed by atoms with Crippen molar-refractivity contribution in [3.8, 4) is 11.5 Å². The molecule has 0 saturated carbocycles. The molecule has 0 aliphatic carbocycles. The van der Waals surface area contributed by atoms with Crippen LogP contribution >= 0.6 is 0 Å². The van der Waals surface area contributed by atoms with Gasteiger partial charge in [0, 0.05) is 0 Å². The summed E-state index contributed by atoms with van der Waals surface area (Å²) in [6.45, 7) is 1.69. The molecular weight excluding hydrogens is 345 g/mol. The van der Waals surface area contributed by atoms with Crippen LogP contribution in [0.25, 0.3) is 11.5 Å². The number of nitrogens with zero attached hydrogens (tertiary/aromatic N) is 2. The molecular formula is C17H16FN3O3S. The summed E-state index contributed by atoms with van der Waals surface area (Å²) >= 11 is 0. The van der Waals surface area contributed by atoms with Gasteiger partial charge in [0.25, 0.3) is 5.89 Å². The second-order valence-electron chi connectivity index (χ2n) is 5.49. The zero-order chi connectivity index (χ0) is 17.9. The number of hydrogen-bond acceptors (Lipinski definition) is 5. The van der Waals surface area contributed by atoms with Gasteiger partial charge >= 0.3 is 0 Å². The number of aryl methyl sites for hydroxylation is 1. The van der Waals surface area contributed by atoms with Gasteiger partial charge in [0.15, 0.2) is 0 Å². The van der Waals surface area contributed by atoms with E-state index in [4.69, 9.17) is 4.42 Å². The molecule has 130 valence electrons. The molecule has 3 rings (SSSR count). The molecule has 6 nitrogen and oxygen atoms in total. The Hall–Kier alpha value is -2.58. The van der Waals surface area contributed by atoms with Crippen molar-refractivity contribution < 1.29 is 17.2 Å². The van der Waals surface area contributed by atoms with Crippen LogP contribution in [0.2, 0.25) is 0 Å². The van der Waals surface area contributed by atoms with Crippen LogP contribution in [0, 0.1) is 12.7 Å². The highest BCUT2D eigenvalue weighted by Crippen LogP contribution is 2.21. The van der Waals surface area contributed by atoms with Gasteiger partial charge in [-0.15, -0.1) is 10.2 Å². The van der Waals surface area contributed by atoms with Crippen LogP contribution in [-0.2, 0) is 22.3 Å². The van der Waals surface area contributed by atoms with Crippen LogP contribution in [0.3, 0.4) is 0 Å². The quantitative estimate of drug-likeness (QED) is 0.730. The van der Waals surface area contributed by atoms with Gasteiger partial charge in [0.2, 0.25) is 15.9 Å². The van der Waals surface area contributed by atoms with E-state index in [0.717, 1.165) is 5.56 Å². The van der Waals surface area contributed by atoms with Gasteiger partial charge in [0.05, 0.1) is 17.9 Å². The van der Waals surface area contributed by atoms with Crippen LogP contribution in [0.1, 0.15) is 17.0 Å². The number of halogens is 1. The molecule has 25 heavy (non-hydrogen) atoms. The Bertz CT molecular complexity index is 986. The molecule has 1 N–H and O–H groups in total. The SMILES string of the molecule is Cc1ccccc1CS(=O)(=O)NCc1nnc(-c2ccccc2F)o1. The zero-order valence-electron chi connectivity index (χ0n) is 13.4. The number of aromatic nitrogens is 2. The van der Waals surface area contributed by atoms with Crippen molar-refractivity contribution >= 4 is 10.0 Å². The van der Waals surface area contributed by atoms with Crippen molar-refractivity contribution in [2.45, 2.75) is 19.2 Å². The Labute approximate surface area is 144 Å². The predicted molar refractivity (Wildman–Crippen MR) is 90.3 cm³/mol. The van der Waals surface area contributed by atoms with E-state index in [1.165, 1.54) is 12.1 Å². The fraction of sp³-hybridized carbons (Fsp3) is 0.176. The van der Waals surface area contributed by atoms with E-state index < -0.39 is 15.8 Å². The van der Waals surface area contributed by atoms with E-state index in [1.54, 1.807) is 24.3 Å². The summed E-state index contributed by atoms with van der Waals surface area (Å²) in [7, 11) is -3.57. The third kappa shape index (κ3) is 4.28. The van der Waals surface area contributed by atoms with Crippen LogP contribution in [-0.4, -0.2) is 18.6 Å². The molecule has 0 atom stereocenters. The van der Waals surface area contributed by atoms with Crippen LogP contribution < -0.4 is 4.72 Å². The molecule has 2 aromatic carbocycles. The summed E-state index contributed by atoms with van der Waals surface area (Å²) in [6.07, 6.45) is 0. The van der Waals surface area contributed by atoms with Gasteiger partial charge in [-0.25, -0.2) is 17.5 Å². The average Bonchev–Trinajstić information content (AvgIpc) is 3.04. The van der Waals surface area contributed by atoms with E-state index in [2.05, 4.69) is 14.9 Å². The number of benzene rings is 2. The lowest BCUT2D eigenvalue weighted by Crippen LogP contribution is -2.25. The smallest absolute Gasteiger partial charge is 0.250 e. The summed E-state index contributed by atoms with van der Waals surface area (Å²) in [6, 6.07) is 13.2. The lowest BCUT2D eigenvalue weighted by molar-refractivity contribution is 0.490. The van der Waals surface area contributed by atoms with Gasteiger partial charge in [-0.3, -0.25) is 0 Å². The minimum atomic E-state index is -3.57. The molecule has 0 fully saturated rings. The molecule has 8 heteroatoms. The maximum atomic E-state index is 13.7. The van der Waals surface area contributed by atoms with Gasteiger partial charge in [-0.2, -0.15) is 0 Å². The van der Waals surface area contributed by atoms with Gasteiger partial charge in [0.1, 0.15) is 5.82 Å². The first kappa shape index (κ1) is 17.2. The second-order valence-corrected chi connectivity index (χ2v) is 7.29. The Kier molecular flexibility index (Phi) is 4.91. The maximum absolute atomic E-state index is 13.7. The molecule has 3 aromatic rings. The van der Waals surface area contributed by atoms with Crippen molar-refractivity contribution in [2.24, 2.45) is 0 Å². The maximum Gasteiger partial charge on any atom is 0.250 e. The molecule has 1 aromatic heterocycles. The van der Waals surface area contributed by atoms with Crippen molar-refractivity contribution in [1.29, 1.82) is 0 Å². The van der Waals surface area contributed by atoms with E-state index >= 15 is 0 Å². The molecule has 1 heterocycles. The van der Waals surface area contributed by atoms with Crippen molar-refractivity contribution in [1.82, 2.24) is 14.9 Å². The summed E-state index contributed by atoms with van der Waals surface area (Å²) in [4.78, 5) is 0. The summed E-state index contributed by atoms with van der Waals surface area (Å²) < 4.78 is 45.8. The number of sulfonamides is 1. The van der Waals surface area contributed by atoms with Crippen molar-refractivity contribution in [3.63, 3.8) is 0 Å². The Balaban J connectivity index is 1.68. The predicted octanol–water partition coefficient (Wildman–Crippen LogP) is 2.80. The summed E-state index contributed by atoms with van der Waals surface area (Å²) in [5.74, 6) is -0.566. The number of nitrogens with one attached hydrogen (secondary N) is 1. The third-order valence-electron chi connectivity index (χ3n) is 3.62. The second kappa shape index (κ2) is 7.12. The van der Waals surface area contributed by atoms with E-state index in [9.17, 15) is 12.8 Å². The lowest BCUT2D eigenvalue weighted by Gasteiger charge is -2.07. The van der Waals surface area contributed by atoms with E-state index in [1.807, 2.05) is 19.1 Å². The lowest BCUT2D eigenvalue weighted by atomic mass is 10.1. The molecule has 0 radical (unpaired) electrons. The Morgan fingerprint density at radius 3 is 2.56 bits per heavy atom. The van der Waals surface area contributed by atoms with Crippen LogP contribution in [0.5, 0.6) is 0 Å². The largest absolute Gasteiger partial charge is 0.419 e. The first-order chi connectivity index (χ1) is 11.9. The first-order valence-corrected chi connectivity index (χ1v) is 9.19. The molecule has 0 unspecified atom stereocenters. The highest BCUT2D eigenvalue weighted by Gasteiger charge is 2.16. The minimum absolute atomic E-state index is 0.00574. The van der Waals surface area contributed by atoms with Crippen molar-refractivity contribution in [3.05, 3.63) is 71.4 Å². The van der Waals surface area contributed by atoms with Crippen molar-refractivity contribution in [2.75, 3.05) is 0 Å². The fourth-order valence-corrected chi connectivity index (χ4v) is 3.45. The standard InChI is InChI=1S/C17H16FN3O3S/c1-12-6-2-3-7-13(12)11-25(22,23)19-10-16-20-21-17(24-16)14-8-4-5-9-15(14)18/h2-9,19H,10-11H2,1H3. The van der Waals surface area contributed by atoms with E-state index in [0.29, 0.717) is 5.56 Å². The van der Waals surface area contributed by atoms with Gasteiger partial charge in [-0.05, 0) is 30.2 Å². The zero-order valence-corrected chi connectivity index (χ0v) is 14.3. The molecule has 0 spiro atoms. The number of hydrogen-bond donors (Lipinski definition) is 1. The van der Waals surface area contributed by atoms with Crippen LogP contribution in [0.15, 0.2) is 52.9 Å².